The molecular weight excluding hydrogens is 152 g/mol. The predicted molar refractivity (Wildman–Crippen MR) is 45.5 cm³/mol. The summed E-state index contributed by atoms with van der Waals surface area (Å²) < 4.78 is 0. The average molecular weight is 162 g/mol. The van der Waals surface area contributed by atoms with Gasteiger partial charge in [0.15, 0.2) is 0 Å². The molecule has 0 aliphatic heterocycles. The second-order valence-corrected chi connectivity index (χ2v) is 3.18. The molecule has 0 fully saturated rings. The van der Waals surface area contributed by atoms with E-state index < -0.39 is 0 Å². The first-order valence-corrected chi connectivity index (χ1v) is 4.73. The lowest BCUT2D eigenvalue weighted by molar-refractivity contribution is 0.323. The Labute approximate surface area is 64.6 Å². The van der Waals surface area contributed by atoms with Crippen molar-refractivity contribution in [3.8, 4) is 10.5 Å². The van der Waals surface area contributed by atoms with E-state index in [1.165, 1.54) is 11.8 Å². The van der Waals surface area contributed by atoms with Crippen LogP contribution in [0.15, 0.2) is 0 Å². The van der Waals surface area contributed by atoms with Gasteiger partial charge in [0.1, 0.15) is 0 Å². The molecule has 0 atom stereocenters. The Kier molecular flexibility index (Phi) is 8.42. The Morgan fingerprint density at radius 2 is 2.00 bits per heavy atom. The van der Waals surface area contributed by atoms with Gasteiger partial charge in [0.2, 0.25) is 0 Å². The number of aliphatic hydroxyl groups excluding tert-OH is 1. The van der Waals surface area contributed by atoms with Gasteiger partial charge in [-0.25, -0.2) is 0 Å². The van der Waals surface area contributed by atoms with Gasteiger partial charge in [-0.05, 0) is 10.5 Å². The van der Waals surface area contributed by atoms with E-state index in [4.69, 9.17) is 5.11 Å². The van der Waals surface area contributed by atoms with Crippen LogP contribution < -0.4 is 0 Å². The quantitative estimate of drug-likeness (QED) is 0.500. The summed E-state index contributed by atoms with van der Waals surface area (Å²) in [7, 11) is 0. The molecule has 1 nitrogen and oxygen atoms in total. The Balaban J connectivity index is 2.96. The first-order valence-electron chi connectivity index (χ1n) is 2.76. The van der Waals surface area contributed by atoms with Crippen LogP contribution in [0.4, 0.5) is 0 Å². The SMILES string of the molecule is CCSC#CSCCO. The molecule has 0 aliphatic rings. The first-order chi connectivity index (χ1) is 4.41. The Bertz CT molecular complexity index is 103. The molecule has 9 heavy (non-hydrogen) atoms. The molecule has 0 amide bonds. The van der Waals surface area contributed by atoms with E-state index in [9.17, 15) is 0 Å². The summed E-state index contributed by atoms with van der Waals surface area (Å²) in [5, 5.41) is 14.1. The monoisotopic (exact) mass is 162 g/mol. The van der Waals surface area contributed by atoms with Crippen molar-refractivity contribution >= 4 is 23.5 Å². The molecule has 52 valence electrons. The zero-order valence-corrected chi connectivity index (χ0v) is 7.02. The number of hydrogen-bond acceptors (Lipinski definition) is 3. The molecule has 0 bridgehead atoms. The Morgan fingerprint density at radius 1 is 1.33 bits per heavy atom. The molecule has 0 aromatic rings. The molecule has 0 heterocycles. The predicted octanol–water partition coefficient (Wildman–Crippen LogP) is 1.38. The van der Waals surface area contributed by atoms with E-state index in [0.717, 1.165) is 11.5 Å². The lowest BCUT2D eigenvalue weighted by Crippen LogP contribution is -1.81. The van der Waals surface area contributed by atoms with E-state index in [2.05, 4.69) is 17.4 Å². The van der Waals surface area contributed by atoms with Gasteiger partial charge >= 0.3 is 0 Å². The largest absolute Gasteiger partial charge is 0.395 e. The Hall–Kier alpha value is 0.220. The van der Waals surface area contributed by atoms with Crippen molar-refractivity contribution in [1.29, 1.82) is 0 Å². The van der Waals surface area contributed by atoms with Gasteiger partial charge in [-0.15, -0.1) is 0 Å². The third-order valence-electron chi connectivity index (χ3n) is 0.524. The average Bonchev–Trinajstić information content (AvgIpc) is 1.89. The number of rotatable bonds is 3. The summed E-state index contributed by atoms with van der Waals surface area (Å²) in [6.07, 6.45) is 0. The third kappa shape index (κ3) is 8.22. The molecule has 0 rings (SSSR count). The third-order valence-corrected chi connectivity index (χ3v) is 1.82. The summed E-state index contributed by atoms with van der Waals surface area (Å²) in [4.78, 5) is 0. The van der Waals surface area contributed by atoms with Crippen LogP contribution in [0.25, 0.3) is 0 Å². The molecule has 3 heteroatoms. The van der Waals surface area contributed by atoms with E-state index in [-0.39, 0.29) is 6.61 Å². The van der Waals surface area contributed by atoms with Crippen LogP contribution >= 0.6 is 23.5 Å². The van der Waals surface area contributed by atoms with Crippen LogP contribution in [0.1, 0.15) is 6.92 Å². The lowest BCUT2D eigenvalue weighted by atomic mass is 10.9. The Morgan fingerprint density at radius 3 is 2.56 bits per heavy atom. The minimum absolute atomic E-state index is 0.218. The van der Waals surface area contributed by atoms with Crippen LogP contribution in [0.3, 0.4) is 0 Å². The molecule has 0 aromatic carbocycles. The number of thioether (sulfide) groups is 2. The summed E-state index contributed by atoms with van der Waals surface area (Å²) in [6, 6.07) is 0. The highest BCUT2D eigenvalue weighted by Crippen LogP contribution is 1.98. The molecule has 0 aromatic heterocycles. The van der Waals surface area contributed by atoms with Crippen LogP contribution in [0.5, 0.6) is 0 Å². The fourth-order valence-corrected chi connectivity index (χ4v) is 1.04. The highest BCUT2D eigenvalue weighted by atomic mass is 32.2. The number of hydrogen-bond donors (Lipinski definition) is 1. The zero-order chi connectivity index (χ0) is 6.95. The van der Waals surface area contributed by atoms with Crippen molar-refractivity contribution in [3.05, 3.63) is 0 Å². The van der Waals surface area contributed by atoms with Gasteiger partial charge in [0.05, 0.1) is 6.61 Å². The minimum Gasteiger partial charge on any atom is -0.395 e. The molecule has 0 aliphatic carbocycles. The van der Waals surface area contributed by atoms with E-state index in [1.54, 1.807) is 11.8 Å². The van der Waals surface area contributed by atoms with Crippen molar-refractivity contribution in [3.63, 3.8) is 0 Å². The molecule has 0 radical (unpaired) electrons. The van der Waals surface area contributed by atoms with Gasteiger partial charge in [0.25, 0.3) is 0 Å². The van der Waals surface area contributed by atoms with Crippen molar-refractivity contribution in [2.45, 2.75) is 6.92 Å². The zero-order valence-electron chi connectivity index (χ0n) is 5.39. The fourth-order valence-electron chi connectivity index (χ4n) is 0.228. The minimum atomic E-state index is 0.218. The summed E-state index contributed by atoms with van der Waals surface area (Å²) in [6.45, 7) is 2.28. The van der Waals surface area contributed by atoms with Crippen molar-refractivity contribution in [2.75, 3.05) is 18.1 Å². The van der Waals surface area contributed by atoms with E-state index in [0.29, 0.717) is 0 Å². The summed E-state index contributed by atoms with van der Waals surface area (Å²) >= 11 is 3.06. The van der Waals surface area contributed by atoms with Crippen LogP contribution in [0, 0.1) is 10.5 Å². The topological polar surface area (TPSA) is 20.2 Å². The second-order valence-electron chi connectivity index (χ2n) is 1.21. The lowest BCUT2D eigenvalue weighted by Gasteiger charge is -1.82. The van der Waals surface area contributed by atoms with Crippen LogP contribution in [0.2, 0.25) is 0 Å². The van der Waals surface area contributed by atoms with Crippen molar-refractivity contribution in [2.24, 2.45) is 0 Å². The maximum atomic E-state index is 8.33. The molecule has 1 N–H and O–H groups in total. The van der Waals surface area contributed by atoms with Crippen molar-refractivity contribution < 1.29 is 5.11 Å². The summed E-state index contributed by atoms with van der Waals surface area (Å²) in [5.41, 5.74) is 0. The number of aliphatic hydroxyl groups is 1. The first kappa shape index (κ1) is 9.22. The van der Waals surface area contributed by atoms with Crippen molar-refractivity contribution in [1.82, 2.24) is 0 Å². The highest BCUT2D eigenvalue weighted by molar-refractivity contribution is 8.07. The van der Waals surface area contributed by atoms with Gasteiger partial charge in [-0.2, -0.15) is 0 Å². The molecule has 0 spiro atoms. The summed E-state index contributed by atoms with van der Waals surface area (Å²) in [5.74, 6) is 1.75. The maximum absolute atomic E-state index is 8.33. The van der Waals surface area contributed by atoms with Gasteiger partial charge in [-0.1, -0.05) is 30.4 Å². The second kappa shape index (κ2) is 8.22. The van der Waals surface area contributed by atoms with Gasteiger partial charge in [-0.3, -0.25) is 0 Å². The van der Waals surface area contributed by atoms with Gasteiger partial charge < -0.3 is 5.11 Å². The normalized spacial score (nSPS) is 8.22. The fraction of sp³-hybridized carbons (Fsp3) is 0.667. The van der Waals surface area contributed by atoms with Crippen LogP contribution in [-0.4, -0.2) is 23.2 Å². The van der Waals surface area contributed by atoms with Gasteiger partial charge in [0, 0.05) is 11.5 Å². The van der Waals surface area contributed by atoms with E-state index in [1.807, 2.05) is 0 Å². The molecule has 0 saturated carbocycles. The highest BCUT2D eigenvalue weighted by Gasteiger charge is 1.76. The van der Waals surface area contributed by atoms with E-state index >= 15 is 0 Å². The molecular formula is C6H10OS2. The standard InChI is InChI=1S/C6H10OS2/c1-2-8-5-6-9-4-3-7/h7H,2-4H2,1H3. The maximum Gasteiger partial charge on any atom is 0.0531 e. The molecule has 0 saturated heterocycles. The van der Waals surface area contributed by atoms with Crippen LogP contribution in [-0.2, 0) is 0 Å². The molecule has 0 unspecified atom stereocenters. The smallest absolute Gasteiger partial charge is 0.0531 e.